The average molecular weight is 275 g/mol. The lowest BCUT2D eigenvalue weighted by atomic mass is 9.79. The van der Waals surface area contributed by atoms with Crippen LogP contribution in [-0.4, -0.2) is 23.3 Å². The molecular formula is C16H21NO3. The number of hydrogen-bond donors (Lipinski definition) is 1. The SMILES string of the molecule is Cc1cccc(C(C)(CCOC(C)(C)C#N)C(=O)O)c1. The molecule has 0 fully saturated rings. The van der Waals surface area contributed by atoms with Crippen LogP contribution < -0.4 is 0 Å². The van der Waals surface area contributed by atoms with E-state index in [1.807, 2.05) is 37.3 Å². The Hall–Kier alpha value is -1.86. The summed E-state index contributed by atoms with van der Waals surface area (Å²) in [6.07, 6.45) is 0.316. The van der Waals surface area contributed by atoms with E-state index < -0.39 is 17.0 Å². The maximum absolute atomic E-state index is 11.6. The van der Waals surface area contributed by atoms with Gasteiger partial charge >= 0.3 is 5.97 Å². The summed E-state index contributed by atoms with van der Waals surface area (Å²) in [6.45, 7) is 7.17. The molecule has 0 saturated carbocycles. The summed E-state index contributed by atoms with van der Waals surface area (Å²) in [4.78, 5) is 11.6. The minimum Gasteiger partial charge on any atom is -0.481 e. The van der Waals surface area contributed by atoms with Crippen molar-refractivity contribution in [3.8, 4) is 6.07 Å². The first kappa shape index (κ1) is 16.2. The molecule has 0 aliphatic heterocycles. The van der Waals surface area contributed by atoms with Gasteiger partial charge in [0.25, 0.3) is 0 Å². The molecule has 0 radical (unpaired) electrons. The predicted molar refractivity (Wildman–Crippen MR) is 76.4 cm³/mol. The zero-order valence-corrected chi connectivity index (χ0v) is 12.4. The maximum Gasteiger partial charge on any atom is 0.313 e. The van der Waals surface area contributed by atoms with Gasteiger partial charge in [-0.3, -0.25) is 4.79 Å². The van der Waals surface area contributed by atoms with Gasteiger partial charge in [0, 0.05) is 0 Å². The van der Waals surface area contributed by atoms with E-state index in [0.717, 1.165) is 11.1 Å². The third-order valence-electron chi connectivity index (χ3n) is 3.46. The molecule has 1 aromatic rings. The van der Waals surface area contributed by atoms with E-state index in [0.29, 0.717) is 6.42 Å². The summed E-state index contributed by atoms with van der Waals surface area (Å²) < 4.78 is 5.45. The molecule has 108 valence electrons. The molecule has 20 heavy (non-hydrogen) atoms. The van der Waals surface area contributed by atoms with Gasteiger partial charge in [-0.25, -0.2) is 0 Å². The second kappa shape index (κ2) is 6.06. The first-order chi connectivity index (χ1) is 9.21. The number of carbonyl (C=O) groups is 1. The standard InChI is InChI=1S/C16H21NO3/c1-12-6-5-7-13(10-12)16(4,14(18)19)8-9-20-15(2,3)11-17/h5-7,10H,8-9H2,1-4H3,(H,18,19). The highest BCUT2D eigenvalue weighted by Crippen LogP contribution is 2.29. The Morgan fingerprint density at radius 2 is 2.05 bits per heavy atom. The van der Waals surface area contributed by atoms with Crippen molar-refractivity contribution in [3.63, 3.8) is 0 Å². The smallest absolute Gasteiger partial charge is 0.313 e. The largest absolute Gasteiger partial charge is 0.481 e. The summed E-state index contributed by atoms with van der Waals surface area (Å²) in [5.74, 6) is -0.888. The van der Waals surface area contributed by atoms with Gasteiger partial charge in [0.05, 0.1) is 18.1 Å². The Kier molecular flexibility index (Phi) is 4.91. The van der Waals surface area contributed by atoms with Crippen LogP contribution in [-0.2, 0) is 14.9 Å². The lowest BCUT2D eigenvalue weighted by Gasteiger charge is -2.27. The average Bonchev–Trinajstić information content (AvgIpc) is 2.38. The first-order valence-corrected chi connectivity index (χ1v) is 6.57. The van der Waals surface area contributed by atoms with Crippen LogP contribution >= 0.6 is 0 Å². The molecule has 1 N–H and O–H groups in total. The molecule has 0 spiro atoms. The number of ether oxygens (including phenoxy) is 1. The highest BCUT2D eigenvalue weighted by atomic mass is 16.5. The molecule has 1 atom stereocenters. The van der Waals surface area contributed by atoms with E-state index in [2.05, 4.69) is 0 Å². The van der Waals surface area contributed by atoms with Crippen molar-refractivity contribution in [2.24, 2.45) is 0 Å². The van der Waals surface area contributed by atoms with Gasteiger partial charge in [0.2, 0.25) is 0 Å². The third kappa shape index (κ3) is 3.82. The van der Waals surface area contributed by atoms with Crippen molar-refractivity contribution in [1.29, 1.82) is 5.26 Å². The van der Waals surface area contributed by atoms with Crippen molar-refractivity contribution in [2.75, 3.05) is 6.61 Å². The van der Waals surface area contributed by atoms with E-state index in [1.165, 1.54) is 0 Å². The number of carboxylic acids is 1. The highest BCUT2D eigenvalue weighted by Gasteiger charge is 2.35. The summed E-state index contributed by atoms with van der Waals surface area (Å²) in [6, 6.07) is 9.52. The predicted octanol–water partition coefficient (Wildman–Crippen LogP) is 3.05. The second-order valence-electron chi connectivity index (χ2n) is 5.73. The van der Waals surface area contributed by atoms with Crippen LogP contribution in [0.5, 0.6) is 0 Å². The first-order valence-electron chi connectivity index (χ1n) is 6.57. The Balaban J connectivity index is 2.89. The lowest BCUT2D eigenvalue weighted by Crippen LogP contribution is -2.35. The van der Waals surface area contributed by atoms with E-state index in [9.17, 15) is 9.90 Å². The number of carboxylic acid groups (broad SMARTS) is 1. The molecule has 0 aliphatic rings. The fourth-order valence-corrected chi connectivity index (χ4v) is 1.91. The van der Waals surface area contributed by atoms with Crippen LogP contribution in [0, 0.1) is 18.3 Å². The maximum atomic E-state index is 11.6. The third-order valence-corrected chi connectivity index (χ3v) is 3.46. The molecule has 4 heteroatoms. The molecule has 0 bridgehead atoms. The molecule has 0 aliphatic carbocycles. The molecule has 1 rings (SSSR count). The Labute approximate surface area is 120 Å². The highest BCUT2D eigenvalue weighted by molar-refractivity contribution is 5.80. The molecule has 0 heterocycles. The minimum absolute atomic E-state index is 0.220. The Morgan fingerprint density at radius 3 is 2.55 bits per heavy atom. The van der Waals surface area contributed by atoms with Gasteiger partial charge in [-0.05, 0) is 39.7 Å². The van der Waals surface area contributed by atoms with Crippen molar-refractivity contribution >= 4 is 5.97 Å². The van der Waals surface area contributed by atoms with Gasteiger partial charge in [0.1, 0.15) is 5.60 Å². The van der Waals surface area contributed by atoms with Crippen molar-refractivity contribution in [3.05, 3.63) is 35.4 Å². The van der Waals surface area contributed by atoms with E-state index in [1.54, 1.807) is 20.8 Å². The van der Waals surface area contributed by atoms with E-state index in [4.69, 9.17) is 10.00 Å². The fraction of sp³-hybridized carbons (Fsp3) is 0.500. The molecule has 0 aromatic heterocycles. The number of rotatable bonds is 6. The Bertz CT molecular complexity index is 531. The Morgan fingerprint density at radius 1 is 1.40 bits per heavy atom. The van der Waals surface area contributed by atoms with Crippen LogP contribution in [0.3, 0.4) is 0 Å². The summed E-state index contributed by atoms with van der Waals surface area (Å²) in [5, 5.41) is 18.4. The van der Waals surface area contributed by atoms with Gasteiger partial charge in [-0.15, -0.1) is 0 Å². The molecule has 4 nitrogen and oxygen atoms in total. The number of benzene rings is 1. The summed E-state index contributed by atoms with van der Waals surface area (Å²) >= 11 is 0. The van der Waals surface area contributed by atoms with Crippen molar-refractivity contribution < 1.29 is 14.6 Å². The van der Waals surface area contributed by atoms with Crippen LogP contribution in [0.2, 0.25) is 0 Å². The number of nitriles is 1. The van der Waals surface area contributed by atoms with Crippen LogP contribution in [0.1, 0.15) is 38.3 Å². The number of aryl methyl sites for hydroxylation is 1. The van der Waals surface area contributed by atoms with E-state index in [-0.39, 0.29) is 6.61 Å². The van der Waals surface area contributed by atoms with E-state index >= 15 is 0 Å². The molecule has 0 amide bonds. The van der Waals surface area contributed by atoms with Gasteiger partial charge in [0.15, 0.2) is 0 Å². The fourth-order valence-electron chi connectivity index (χ4n) is 1.91. The van der Waals surface area contributed by atoms with Crippen molar-refractivity contribution in [1.82, 2.24) is 0 Å². The molecule has 1 aromatic carbocycles. The van der Waals surface area contributed by atoms with Crippen LogP contribution in [0.15, 0.2) is 24.3 Å². The number of nitrogens with zero attached hydrogens (tertiary/aromatic N) is 1. The van der Waals surface area contributed by atoms with Gasteiger partial charge in [-0.2, -0.15) is 5.26 Å². The van der Waals surface area contributed by atoms with Crippen LogP contribution in [0.4, 0.5) is 0 Å². The van der Waals surface area contributed by atoms with Crippen molar-refractivity contribution in [2.45, 2.75) is 45.1 Å². The number of hydrogen-bond acceptors (Lipinski definition) is 3. The molecule has 0 saturated heterocycles. The quantitative estimate of drug-likeness (QED) is 0.866. The van der Waals surface area contributed by atoms with Gasteiger partial charge in [-0.1, -0.05) is 29.8 Å². The lowest BCUT2D eigenvalue weighted by molar-refractivity contribution is -0.144. The zero-order chi connectivity index (χ0) is 15.4. The molecule has 1 unspecified atom stereocenters. The topological polar surface area (TPSA) is 70.3 Å². The normalized spacial score (nSPS) is 14.3. The summed E-state index contributed by atoms with van der Waals surface area (Å²) in [5.41, 5.74) is -0.138. The van der Waals surface area contributed by atoms with Gasteiger partial charge < -0.3 is 9.84 Å². The molecular weight excluding hydrogens is 254 g/mol. The minimum atomic E-state index is -1.02. The van der Waals surface area contributed by atoms with Crippen LogP contribution in [0.25, 0.3) is 0 Å². The summed E-state index contributed by atoms with van der Waals surface area (Å²) in [7, 11) is 0. The monoisotopic (exact) mass is 275 g/mol. The second-order valence-corrected chi connectivity index (χ2v) is 5.73. The number of aliphatic carboxylic acids is 1. The zero-order valence-electron chi connectivity index (χ0n) is 12.4.